The highest BCUT2D eigenvalue weighted by molar-refractivity contribution is 6.37. The second kappa shape index (κ2) is 6.35. The van der Waals surface area contributed by atoms with Crippen LogP contribution in [0.4, 0.5) is 0 Å². The van der Waals surface area contributed by atoms with Gasteiger partial charge in [0.1, 0.15) is 5.76 Å². The van der Waals surface area contributed by atoms with E-state index in [1.807, 2.05) is 18.2 Å². The molecular weight excluding hydrogens is 379 g/mol. The van der Waals surface area contributed by atoms with E-state index >= 15 is 0 Å². The van der Waals surface area contributed by atoms with Gasteiger partial charge < -0.3 is 5.11 Å². The fourth-order valence-electron chi connectivity index (χ4n) is 3.88. The van der Waals surface area contributed by atoms with E-state index in [-0.39, 0.29) is 23.4 Å². The minimum absolute atomic E-state index is 0.00487. The number of carbonyl (C=O) groups excluding carboxylic acids is 1. The fraction of sp³-hybridized carbons (Fsp3) is 0.250. The molecule has 25 heavy (non-hydrogen) atoms. The maximum Gasteiger partial charge on any atom is 0.170 e. The lowest BCUT2D eigenvalue weighted by atomic mass is 9.83. The molecule has 0 aliphatic heterocycles. The van der Waals surface area contributed by atoms with E-state index in [9.17, 15) is 9.90 Å². The topological polar surface area (TPSA) is 37.3 Å². The number of carbonyl (C=O) groups is 1. The highest BCUT2D eigenvalue weighted by Gasteiger charge is 2.41. The van der Waals surface area contributed by atoms with E-state index in [1.165, 1.54) is 0 Å². The highest BCUT2D eigenvalue weighted by atomic mass is 35.5. The van der Waals surface area contributed by atoms with Crippen molar-refractivity contribution >= 4 is 46.2 Å². The van der Waals surface area contributed by atoms with E-state index in [0.29, 0.717) is 26.2 Å². The number of ketones is 1. The van der Waals surface area contributed by atoms with Gasteiger partial charge in [-0.2, -0.15) is 0 Å². The van der Waals surface area contributed by atoms with Crippen LogP contribution in [0.1, 0.15) is 24.8 Å². The smallest absolute Gasteiger partial charge is 0.170 e. The van der Waals surface area contributed by atoms with Gasteiger partial charge in [0.15, 0.2) is 5.78 Å². The Balaban J connectivity index is 1.86. The van der Waals surface area contributed by atoms with Gasteiger partial charge in [0, 0.05) is 38.0 Å². The molecule has 2 bridgehead atoms. The Morgan fingerprint density at radius 2 is 1.64 bits per heavy atom. The first-order chi connectivity index (χ1) is 12.0. The van der Waals surface area contributed by atoms with Crippen LogP contribution in [0.25, 0.3) is 16.7 Å². The molecule has 2 aromatic rings. The Labute approximate surface area is 161 Å². The number of Topliss-reactive ketones (excluding diaryl/α,β-unsaturated/α-hetero) is 1. The van der Waals surface area contributed by atoms with Crippen molar-refractivity contribution < 1.29 is 9.90 Å². The van der Waals surface area contributed by atoms with Crippen molar-refractivity contribution in [3.63, 3.8) is 0 Å². The molecule has 1 fully saturated rings. The van der Waals surface area contributed by atoms with Crippen LogP contribution in [0.3, 0.4) is 0 Å². The third kappa shape index (κ3) is 2.87. The van der Waals surface area contributed by atoms with E-state index < -0.39 is 0 Å². The molecular formula is C20H15Cl3O2. The maximum absolute atomic E-state index is 12.8. The van der Waals surface area contributed by atoms with Crippen molar-refractivity contribution in [3.05, 3.63) is 62.8 Å². The summed E-state index contributed by atoms with van der Waals surface area (Å²) in [5.41, 5.74) is 2.57. The Hall–Kier alpha value is -1.48. The maximum atomic E-state index is 12.8. The highest BCUT2D eigenvalue weighted by Crippen LogP contribution is 2.47. The van der Waals surface area contributed by atoms with Crippen molar-refractivity contribution in [2.75, 3.05) is 0 Å². The van der Waals surface area contributed by atoms with Gasteiger partial charge in [-0.1, -0.05) is 46.9 Å². The summed E-state index contributed by atoms with van der Waals surface area (Å²) in [7, 11) is 0. The molecule has 2 atom stereocenters. The van der Waals surface area contributed by atoms with Gasteiger partial charge in [-0.05, 0) is 49.1 Å². The first-order valence-corrected chi connectivity index (χ1v) is 9.31. The third-order valence-corrected chi connectivity index (χ3v) is 6.05. The van der Waals surface area contributed by atoms with E-state index in [4.69, 9.17) is 34.8 Å². The number of benzene rings is 2. The summed E-state index contributed by atoms with van der Waals surface area (Å²) in [6, 6.07) is 10.7. The summed E-state index contributed by atoms with van der Waals surface area (Å²) in [5, 5.41) is 12.1. The van der Waals surface area contributed by atoms with Crippen molar-refractivity contribution in [3.8, 4) is 11.1 Å². The van der Waals surface area contributed by atoms with E-state index in [0.717, 1.165) is 30.4 Å². The van der Waals surface area contributed by atoms with Gasteiger partial charge in [-0.25, -0.2) is 0 Å². The molecule has 0 aromatic heterocycles. The van der Waals surface area contributed by atoms with Crippen LogP contribution in [0, 0.1) is 11.8 Å². The average Bonchev–Trinajstić information content (AvgIpc) is 3.02. The zero-order valence-corrected chi connectivity index (χ0v) is 15.5. The van der Waals surface area contributed by atoms with Crippen molar-refractivity contribution in [2.24, 2.45) is 11.8 Å². The number of fused-ring (bicyclic) bond motifs is 2. The van der Waals surface area contributed by atoms with Crippen LogP contribution in [0.15, 0.2) is 42.2 Å². The predicted octanol–water partition coefficient (Wildman–Crippen LogP) is 6.58. The zero-order valence-electron chi connectivity index (χ0n) is 13.2. The number of halogens is 3. The quantitative estimate of drug-likeness (QED) is 0.625. The molecule has 0 heterocycles. The number of hydrogen-bond acceptors (Lipinski definition) is 2. The molecule has 0 radical (unpaired) electrons. The number of aliphatic hydroxyl groups excluding tert-OH is 1. The Bertz CT molecular complexity index is 917. The molecule has 1 saturated carbocycles. The Morgan fingerprint density at radius 3 is 2.40 bits per heavy atom. The standard InChI is InChI=1S/C20H15Cl3O2/c21-13-4-5-14(17(23)9-13)10-3-6-16(22)15(8-10)18-19(24)11-1-2-12(7-11)20(18)25/h3-6,8-9,11-12,24H,1-2,7H2/t11-,12+/m0/s1. The van der Waals surface area contributed by atoms with Gasteiger partial charge in [0.25, 0.3) is 0 Å². The lowest BCUT2D eigenvalue weighted by molar-refractivity contribution is -0.117. The summed E-state index contributed by atoms with van der Waals surface area (Å²) >= 11 is 18.7. The molecule has 0 saturated heterocycles. The number of aliphatic hydroxyl groups is 1. The van der Waals surface area contributed by atoms with Crippen molar-refractivity contribution in [2.45, 2.75) is 19.3 Å². The van der Waals surface area contributed by atoms with Gasteiger partial charge in [0.2, 0.25) is 0 Å². The Morgan fingerprint density at radius 1 is 0.880 bits per heavy atom. The van der Waals surface area contributed by atoms with E-state index in [2.05, 4.69) is 0 Å². The number of hydrogen-bond donors (Lipinski definition) is 1. The summed E-state index contributed by atoms with van der Waals surface area (Å²) in [6.45, 7) is 0. The molecule has 2 aliphatic rings. The minimum Gasteiger partial charge on any atom is -0.511 e. The summed E-state index contributed by atoms with van der Waals surface area (Å²) < 4.78 is 0. The van der Waals surface area contributed by atoms with Gasteiger partial charge in [-0.15, -0.1) is 0 Å². The molecule has 2 aromatic carbocycles. The van der Waals surface area contributed by atoms with Crippen LogP contribution in [0.5, 0.6) is 0 Å². The molecule has 1 N–H and O–H groups in total. The van der Waals surface area contributed by atoms with Gasteiger partial charge in [-0.3, -0.25) is 4.79 Å². The van der Waals surface area contributed by atoms with Gasteiger partial charge >= 0.3 is 0 Å². The van der Waals surface area contributed by atoms with Crippen LogP contribution < -0.4 is 0 Å². The molecule has 2 aliphatic carbocycles. The summed E-state index contributed by atoms with van der Waals surface area (Å²) in [4.78, 5) is 12.8. The lowest BCUT2D eigenvalue weighted by Crippen LogP contribution is -2.21. The van der Waals surface area contributed by atoms with Crippen LogP contribution in [-0.4, -0.2) is 10.9 Å². The monoisotopic (exact) mass is 392 g/mol. The first kappa shape index (κ1) is 17.0. The predicted molar refractivity (Wildman–Crippen MR) is 102 cm³/mol. The Kier molecular flexibility index (Phi) is 4.31. The normalized spacial score (nSPS) is 22.6. The van der Waals surface area contributed by atoms with Crippen LogP contribution >= 0.6 is 34.8 Å². The molecule has 2 nitrogen and oxygen atoms in total. The van der Waals surface area contributed by atoms with Crippen molar-refractivity contribution in [1.29, 1.82) is 0 Å². The largest absolute Gasteiger partial charge is 0.511 e. The molecule has 4 rings (SSSR count). The van der Waals surface area contributed by atoms with E-state index in [1.54, 1.807) is 18.2 Å². The van der Waals surface area contributed by atoms with Crippen molar-refractivity contribution in [1.82, 2.24) is 0 Å². The molecule has 128 valence electrons. The third-order valence-electron chi connectivity index (χ3n) is 5.17. The average molecular weight is 394 g/mol. The summed E-state index contributed by atoms with van der Waals surface area (Å²) in [6.07, 6.45) is 2.43. The number of rotatable bonds is 2. The summed E-state index contributed by atoms with van der Waals surface area (Å²) in [5.74, 6) is 0.235. The molecule has 0 spiro atoms. The number of allylic oxidation sites excluding steroid dienone is 2. The molecule has 0 unspecified atom stereocenters. The van der Waals surface area contributed by atoms with Crippen LogP contribution in [0.2, 0.25) is 15.1 Å². The van der Waals surface area contributed by atoms with Crippen LogP contribution in [-0.2, 0) is 4.79 Å². The second-order valence-electron chi connectivity index (χ2n) is 6.65. The van der Waals surface area contributed by atoms with Gasteiger partial charge in [0.05, 0.1) is 5.57 Å². The zero-order chi connectivity index (χ0) is 17.7. The SMILES string of the molecule is O=C1C(c2cc(-c3ccc(Cl)cc3Cl)ccc2Cl)=C(O)[C@H]2CC[C@@H]1C2. The minimum atomic E-state index is -0.00694. The second-order valence-corrected chi connectivity index (χ2v) is 7.90. The fourth-order valence-corrected chi connectivity index (χ4v) is 4.61. The molecule has 0 amide bonds. The molecule has 5 heteroatoms. The lowest BCUT2D eigenvalue weighted by Gasteiger charge is -2.22. The first-order valence-electron chi connectivity index (χ1n) is 8.18.